The summed E-state index contributed by atoms with van der Waals surface area (Å²) in [5, 5.41) is 7.38. The highest BCUT2D eigenvalue weighted by molar-refractivity contribution is 5.62. The van der Waals surface area contributed by atoms with Gasteiger partial charge in [-0.3, -0.25) is 0 Å². The van der Waals surface area contributed by atoms with Gasteiger partial charge in [0.1, 0.15) is 6.10 Å². The molecule has 0 atom stereocenters. The van der Waals surface area contributed by atoms with Crippen molar-refractivity contribution in [3.63, 3.8) is 0 Å². The van der Waals surface area contributed by atoms with Crippen molar-refractivity contribution in [1.29, 1.82) is 0 Å². The van der Waals surface area contributed by atoms with Crippen LogP contribution >= 0.6 is 0 Å². The van der Waals surface area contributed by atoms with Crippen LogP contribution in [0.1, 0.15) is 12.8 Å². The fourth-order valence-electron chi connectivity index (χ4n) is 3.50. The van der Waals surface area contributed by atoms with Gasteiger partial charge in [0.05, 0.1) is 11.9 Å². The summed E-state index contributed by atoms with van der Waals surface area (Å²) < 4.78 is 21.6. The number of imidazole rings is 1. The van der Waals surface area contributed by atoms with Crippen LogP contribution in [-0.2, 0) is 0 Å². The molecule has 1 fully saturated rings. The second-order valence-corrected chi connectivity index (χ2v) is 7.46. The van der Waals surface area contributed by atoms with Crippen LogP contribution in [0.2, 0.25) is 0 Å². The lowest BCUT2D eigenvalue weighted by atomic mass is 10.1. The third-order valence-electron chi connectivity index (χ3n) is 5.23. The molecule has 0 saturated carbocycles. The fraction of sp³-hybridized carbons (Fsp3) is 0.286. The predicted octanol–water partition coefficient (Wildman–Crippen LogP) is 2.94. The molecule has 1 aliphatic heterocycles. The maximum Gasteiger partial charge on any atom is 0.232 e. The number of aromatic nitrogens is 6. The van der Waals surface area contributed by atoms with Crippen LogP contribution in [0.5, 0.6) is 5.88 Å². The molecule has 5 rings (SSSR count). The summed E-state index contributed by atoms with van der Waals surface area (Å²) >= 11 is 0. The number of nitrogens with one attached hydrogen (secondary N) is 1. The van der Waals surface area contributed by atoms with Crippen molar-refractivity contribution in [2.24, 2.45) is 0 Å². The number of pyridine rings is 1. The Hall–Kier alpha value is -3.66. The van der Waals surface area contributed by atoms with Gasteiger partial charge in [0.25, 0.3) is 0 Å². The van der Waals surface area contributed by atoms with Crippen molar-refractivity contribution in [2.45, 2.75) is 18.9 Å². The van der Waals surface area contributed by atoms with Crippen LogP contribution in [0.15, 0.2) is 49.1 Å². The SMILES string of the molecule is CN1CCC(Oc2ccc3ncc(-c4cnc(Nc5ncccc5F)nc4)n3n2)CC1. The quantitative estimate of drug-likeness (QED) is 0.527. The number of anilines is 2. The second kappa shape index (κ2) is 8.23. The predicted molar refractivity (Wildman–Crippen MR) is 113 cm³/mol. The molecule has 5 heterocycles. The van der Waals surface area contributed by atoms with Gasteiger partial charge in [0.15, 0.2) is 17.3 Å². The Kier molecular flexibility index (Phi) is 5.13. The maximum atomic E-state index is 13.8. The second-order valence-electron chi connectivity index (χ2n) is 7.46. The highest BCUT2D eigenvalue weighted by Crippen LogP contribution is 2.23. The van der Waals surface area contributed by atoms with Crippen LogP contribution < -0.4 is 10.1 Å². The Morgan fingerprint density at radius 1 is 1.03 bits per heavy atom. The Bertz CT molecular complexity index is 1190. The molecule has 4 aromatic rings. The lowest BCUT2D eigenvalue weighted by Crippen LogP contribution is -2.35. The molecule has 1 aliphatic rings. The highest BCUT2D eigenvalue weighted by atomic mass is 19.1. The molecular weight excluding hydrogens is 399 g/mol. The number of rotatable bonds is 5. The van der Waals surface area contributed by atoms with E-state index >= 15 is 0 Å². The van der Waals surface area contributed by atoms with Gasteiger partial charge in [0.2, 0.25) is 11.8 Å². The molecule has 0 unspecified atom stereocenters. The Labute approximate surface area is 178 Å². The first-order valence-corrected chi connectivity index (χ1v) is 10.1. The summed E-state index contributed by atoms with van der Waals surface area (Å²) in [6.45, 7) is 2.03. The topological polar surface area (TPSA) is 93.4 Å². The third-order valence-corrected chi connectivity index (χ3v) is 5.23. The number of nitrogens with zero attached hydrogens (tertiary/aromatic N) is 7. The molecule has 9 nitrogen and oxygen atoms in total. The van der Waals surface area contributed by atoms with E-state index in [0.29, 0.717) is 11.5 Å². The molecule has 0 radical (unpaired) electrons. The van der Waals surface area contributed by atoms with Gasteiger partial charge in [0, 0.05) is 43.3 Å². The van der Waals surface area contributed by atoms with Crippen molar-refractivity contribution in [1.82, 2.24) is 34.4 Å². The molecule has 4 aromatic heterocycles. The van der Waals surface area contributed by atoms with Crippen LogP contribution in [0.4, 0.5) is 16.2 Å². The minimum atomic E-state index is -0.474. The molecule has 158 valence electrons. The van der Waals surface area contributed by atoms with Crippen molar-refractivity contribution < 1.29 is 9.13 Å². The molecule has 10 heteroatoms. The maximum absolute atomic E-state index is 13.8. The molecule has 1 N–H and O–H groups in total. The number of ether oxygens (including phenoxy) is 1. The Morgan fingerprint density at radius 2 is 1.84 bits per heavy atom. The van der Waals surface area contributed by atoms with E-state index in [1.54, 1.807) is 23.1 Å². The van der Waals surface area contributed by atoms with Gasteiger partial charge >= 0.3 is 0 Å². The smallest absolute Gasteiger partial charge is 0.232 e. The average molecular weight is 420 g/mol. The van der Waals surface area contributed by atoms with Crippen LogP contribution in [0.3, 0.4) is 0 Å². The van der Waals surface area contributed by atoms with Crippen molar-refractivity contribution in [2.75, 3.05) is 25.5 Å². The van der Waals surface area contributed by atoms with Crippen LogP contribution in [0, 0.1) is 5.82 Å². The highest BCUT2D eigenvalue weighted by Gasteiger charge is 2.19. The first-order valence-electron chi connectivity index (χ1n) is 10.1. The zero-order valence-electron chi connectivity index (χ0n) is 16.9. The van der Waals surface area contributed by atoms with E-state index in [0.717, 1.165) is 37.2 Å². The monoisotopic (exact) mass is 420 g/mol. The van der Waals surface area contributed by atoms with E-state index < -0.39 is 5.82 Å². The van der Waals surface area contributed by atoms with Gasteiger partial charge in [-0.25, -0.2) is 28.8 Å². The van der Waals surface area contributed by atoms with Crippen LogP contribution in [-0.4, -0.2) is 60.7 Å². The van der Waals surface area contributed by atoms with Crippen molar-refractivity contribution >= 4 is 17.4 Å². The Morgan fingerprint density at radius 3 is 2.61 bits per heavy atom. The van der Waals surface area contributed by atoms with E-state index in [4.69, 9.17) is 4.74 Å². The van der Waals surface area contributed by atoms with Crippen molar-refractivity contribution in [3.8, 4) is 17.1 Å². The van der Waals surface area contributed by atoms with E-state index in [1.807, 2.05) is 12.1 Å². The lowest BCUT2D eigenvalue weighted by molar-refractivity contribution is 0.109. The summed E-state index contributed by atoms with van der Waals surface area (Å²) in [6.07, 6.45) is 8.59. The lowest BCUT2D eigenvalue weighted by Gasteiger charge is -2.28. The first kappa shape index (κ1) is 19.3. The molecular formula is C21H21FN8O. The van der Waals surface area contributed by atoms with Gasteiger partial charge in [-0.15, -0.1) is 5.10 Å². The van der Waals surface area contributed by atoms with Gasteiger partial charge in [-0.2, -0.15) is 0 Å². The number of halogens is 1. The fourth-order valence-corrected chi connectivity index (χ4v) is 3.50. The third kappa shape index (κ3) is 4.15. The van der Waals surface area contributed by atoms with E-state index in [9.17, 15) is 4.39 Å². The number of piperidine rings is 1. The van der Waals surface area contributed by atoms with E-state index in [1.165, 1.54) is 18.3 Å². The minimum absolute atomic E-state index is 0.0717. The number of fused-ring (bicyclic) bond motifs is 1. The molecule has 0 amide bonds. The molecule has 31 heavy (non-hydrogen) atoms. The van der Waals surface area contributed by atoms with E-state index in [2.05, 4.69) is 42.3 Å². The summed E-state index contributed by atoms with van der Waals surface area (Å²) in [4.78, 5) is 19.2. The normalized spacial score (nSPS) is 15.3. The molecule has 0 bridgehead atoms. The number of hydrogen-bond donors (Lipinski definition) is 1. The zero-order chi connectivity index (χ0) is 21.2. The summed E-state index contributed by atoms with van der Waals surface area (Å²) in [5.41, 5.74) is 2.16. The Balaban J connectivity index is 1.36. The van der Waals surface area contributed by atoms with Gasteiger partial charge < -0.3 is 15.0 Å². The molecule has 0 aliphatic carbocycles. The van der Waals surface area contributed by atoms with Gasteiger partial charge in [-0.1, -0.05) is 0 Å². The average Bonchev–Trinajstić information content (AvgIpc) is 3.21. The van der Waals surface area contributed by atoms with E-state index in [-0.39, 0.29) is 17.9 Å². The summed E-state index contributed by atoms with van der Waals surface area (Å²) in [6, 6.07) is 6.56. The summed E-state index contributed by atoms with van der Waals surface area (Å²) in [7, 11) is 2.12. The number of likely N-dealkylation sites (tertiary alicyclic amines) is 1. The zero-order valence-corrected chi connectivity index (χ0v) is 16.9. The van der Waals surface area contributed by atoms with Crippen molar-refractivity contribution in [3.05, 3.63) is 54.9 Å². The summed E-state index contributed by atoms with van der Waals surface area (Å²) in [5.74, 6) is 0.404. The number of hydrogen-bond acceptors (Lipinski definition) is 8. The molecule has 0 aromatic carbocycles. The molecule has 0 spiro atoms. The largest absolute Gasteiger partial charge is 0.473 e. The van der Waals surface area contributed by atoms with Gasteiger partial charge in [-0.05, 0) is 38.1 Å². The standard InChI is InChI=1S/C21H21FN8O/c1-29-9-6-15(7-10-29)31-19-5-4-18-24-13-17(30(18)28-19)14-11-25-21(26-12-14)27-20-16(22)3-2-8-23-20/h2-5,8,11-13,15H,6-7,9-10H2,1H3,(H,23,25,26,27). The van der Waals surface area contributed by atoms with Crippen LogP contribution in [0.25, 0.3) is 16.9 Å². The molecule has 1 saturated heterocycles. The first-order chi connectivity index (χ1) is 15.2. The minimum Gasteiger partial charge on any atom is -0.473 e.